The van der Waals surface area contributed by atoms with Gasteiger partial charge < -0.3 is 9.39 Å². The fraction of sp³-hybridized carbons (Fsp3) is 0.385. The van der Waals surface area contributed by atoms with Crippen molar-refractivity contribution in [3.63, 3.8) is 0 Å². The maximum Gasteiger partial charge on any atom is 0.356 e. The summed E-state index contributed by atoms with van der Waals surface area (Å²) in [5.74, 6) is -0.332. The number of carbonyl (C=O) groups excluding carboxylic acids is 1. The van der Waals surface area contributed by atoms with Crippen LogP contribution in [-0.4, -0.2) is 26.5 Å². The van der Waals surface area contributed by atoms with E-state index in [0.29, 0.717) is 12.3 Å². The molecule has 0 aliphatic rings. The molecule has 0 aromatic heterocycles. The van der Waals surface area contributed by atoms with Gasteiger partial charge in [0.15, 0.2) is 8.24 Å². The Morgan fingerprint density at radius 2 is 1.82 bits per heavy atom. The van der Waals surface area contributed by atoms with Gasteiger partial charge in [-0.2, -0.15) is 0 Å². The standard InChI is InChI=1S/C13H19NO2Si/c1-5-16-13(15)12(14-17(2,3)4)11-9-7-6-8-10-11/h6-10H,5H2,1-4H3/b14-12+. The molecule has 1 aromatic carbocycles. The predicted molar refractivity (Wildman–Crippen MR) is 73.0 cm³/mol. The van der Waals surface area contributed by atoms with Crippen LogP contribution in [0.4, 0.5) is 0 Å². The summed E-state index contributed by atoms with van der Waals surface area (Å²) >= 11 is 0. The first-order valence-corrected chi connectivity index (χ1v) is 9.21. The fourth-order valence-corrected chi connectivity index (χ4v) is 2.25. The second kappa shape index (κ2) is 5.77. The minimum Gasteiger partial charge on any atom is -0.461 e. The molecule has 0 fully saturated rings. The molecule has 0 bridgehead atoms. The van der Waals surface area contributed by atoms with Gasteiger partial charge in [0.05, 0.1) is 6.61 Å². The van der Waals surface area contributed by atoms with Gasteiger partial charge in [-0.05, 0) is 26.6 Å². The van der Waals surface area contributed by atoms with Crippen LogP contribution in [-0.2, 0) is 9.53 Å². The third kappa shape index (κ3) is 4.52. The Kier molecular flexibility index (Phi) is 4.63. The summed E-state index contributed by atoms with van der Waals surface area (Å²) in [5, 5.41) is 0. The van der Waals surface area contributed by atoms with Gasteiger partial charge in [-0.1, -0.05) is 30.3 Å². The summed E-state index contributed by atoms with van der Waals surface area (Å²) < 4.78 is 9.64. The summed E-state index contributed by atoms with van der Waals surface area (Å²) in [6.07, 6.45) is 0. The van der Waals surface area contributed by atoms with Crippen LogP contribution in [0.25, 0.3) is 0 Å². The molecular formula is C13H19NO2Si. The van der Waals surface area contributed by atoms with Crippen LogP contribution in [0.3, 0.4) is 0 Å². The van der Waals surface area contributed by atoms with E-state index in [1.165, 1.54) is 0 Å². The van der Waals surface area contributed by atoms with Crippen molar-refractivity contribution in [3.05, 3.63) is 35.9 Å². The van der Waals surface area contributed by atoms with Gasteiger partial charge in [0.25, 0.3) is 0 Å². The number of ether oxygens (including phenoxy) is 1. The Balaban J connectivity index is 3.12. The Bertz CT molecular complexity index is 407. The van der Waals surface area contributed by atoms with Crippen LogP contribution in [0.15, 0.2) is 35.0 Å². The van der Waals surface area contributed by atoms with Gasteiger partial charge in [0, 0.05) is 5.56 Å². The van der Waals surface area contributed by atoms with Crippen LogP contribution in [0.5, 0.6) is 0 Å². The number of esters is 1. The second-order valence-corrected chi connectivity index (χ2v) is 9.28. The first kappa shape index (κ1) is 13.6. The molecule has 0 saturated heterocycles. The molecule has 0 heterocycles. The molecule has 17 heavy (non-hydrogen) atoms. The highest BCUT2D eigenvalue weighted by Gasteiger charge is 2.20. The molecule has 0 amide bonds. The van der Waals surface area contributed by atoms with Gasteiger partial charge in [0.2, 0.25) is 0 Å². The molecule has 0 aliphatic carbocycles. The molecule has 0 atom stereocenters. The molecule has 3 nitrogen and oxygen atoms in total. The van der Waals surface area contributed by atoms with Crippen molar-refractivity contribution >= 4 is 19.9 Å². The molecule has 0 N–H and O–H groups in total. The minimum absolute atomic E-state index is 0.332. The Morgan fingerprint density at radius 3 is 2.29 bits per heavy atom. The highest BCUT2D eigenvalue weighted by Crippen LogP contribution is 2.09. The zero-order chi connectivity index (χ0) is 12.9. The predicted octanol–water partition coefficient (Wildman–Crippen LogP) is 2.87. The molecule has 1 rings (SSSR count). The lowest BCUT2D eigenvalue weighted by Gasteiger charge is -2.13. The minimum atomic E-state index is -1.71. The lowest BCUT2D eigenvalue weighted by Crippen LogP contribution is -2.26. The maximum atomic E-state index is 11.9. The van der Waals surface area contributed by atoms with Crippen molar-refractivity contribution < 1.29 is 9.53 Å². The molecule has 0 aliphatic heterocycles. The Morgan fingerprint density at radius 1 is 1.24 bits per heavy atom. The lowest BCUT2D eigenvalue weighted by molar-refractivity contribution is -0.134. The summed E-state index contributed by atoms with van der Waals surface area (Å²) in [6.45, 7) is 8.45. The van der Waals surface area contributed by atoms with E-state index in [9.17, 15) is 4.79 Å². The van der Waals surface area contributed by atoms with Crippen molar-refractivity contribution in [2.75, 3.05) is 6.61 Å². The normalized spacial score (nSPS) is 12.4. The van der Waals surface area contributed by atoms with Crippen LogP contribution in [0, 0.1) is 0 Å². The highest BCUT2D eigenvalue weighted by atomic mass is 28.3. The smallest absolute Gasteiger partial charge is 0.356 e. The first-order valence-electron chi connectivity index (χ1n) is 5.76. The summed E-state index contributed by atoms with van der Waals surface area (Å²) in [5.41, 5.74) is 1.28. The zero-order valence-corrected chi connectivity index (χ0v) is 11.9. The van der Waals surface area contributed by atoms with Crippen LogP contribution < -0.4 is 0 Å². The van der Waals surface area contributed by atoms with Crippen molar-refractivity contribution in [2.45, 2.75) is 26.6 Å². The number of rotatable bonds is 4. The molecule has 0 spiro atoms. The number of hydrogen-bond donors (Lipinski definition) is 0. The molecule has 0 radical (unpaired) electrons. The van der Waals surface area contributed by atoms with Crippen molar-refractivity contribution in [2.24, 2.45) is 4.66 Å². The topological polar surface area (TPSA) is 38.7 Å². The first-order chi connectivity index (χ1) is 7.94. The molecule has 0 unspecified atom stereocenters. The summed E-state index contributed by atoms with van der Waals surface area (Å²) in [4.78, 5) is 11.9. The van der Waals surface area contributed by atoms with Crippen molar-refractivity contribution in [1.82, 2.24) is 0 Å². The molecule has 1 aromatic rings. The highest BCUT2D eigenvalue weighted by molar-refractivity contribution is 6.77. The van der Waals surface area contributed by atoms with Gasteiger partial charge in [0.1, 0.15) is 5.71 Å². The Hall–Kier alpha value is -1.42. The van der Waals surface area contributed by atoms with Crippen molar-refractivity contribution in [3.8, 4) is 0 Å². The van der Waals surface area contributed by atoms with Gasteiger partial charge in [-0.3, -0.25) is 0 Å². The van der Waals surface area contributed by atoms with E-state index < -0.39 is 8.24 Å². The maximum absolute atomic E-state index is 11.9. The zero-order valence-electron chi connectivity index (χ0n) is 10.9. The van der Waals surface area contributed by atoms with E-state index in [1.54, 1.807) is 6.92 Å². The molecule has 4 heteroatoms. The lowest BCUT2D eigenvalue weighted by atomic mass is 10.1. The number of hydrogen-bond acceptors (Lipinski definition) is 3. The number of carbonyl (C=O) groups is 1. The quantitative estimate of drug-likeness (QED) is 0.467. The van der Waals surface area contributed by atoms with Crippen LogP contribution in [0.1, 0.15) is 12.5 Å². The van der Waals surface area contributed by atoms with E-state index >= 15 is 0 Å². The third-order valence-corrected chi connectivity index (χ3v) is 2.86. The van der Waals surface area contributed by atoms with Crippen LogP contribution >= 0.6 is 0 Å². The average Bonchev–Trinajstić information content (AvgIpc) is 2.26. The van der Waals surface area contributed by atoms with Gasteiger partial charge >= 0.3 is 5.97 Å². The average molecular weight is 249 g/mol. The fourth-order valence-electron chi connectivity index (χ4n) is 1.36. The Labute approximate surface area is 104 Å². The summed E-state index contributed by atoms with van der Waals surface area (Å²) in [6, 6.07) is 9.48. The molecule has 92 valence electrons. The number of nitrogens with zero attached hydrogens (tertiary/aromatic N) is 1. The molecule has 0 saturated carbocycles. The second-order valence-electron chi connectivity index (χ2n) is 4.72. The third-order valence-electron chi connectivity index (χ3n) is 1.96. The van der Waals surface area contributed by atoms with Gasteiger partial charge in [-0.15, -0.1) is 0 Å². The van der Waals surface area contributed by atoms with Gasteiger partial charge in [-0.25, -0.2) is 4.79 Å². The van der Waals surface area contributed by atoms with Crippen LogP contribution in [0.2, 0.25) is 19.6 Å². The van der Waals surface area contributed by atoms with E-state index in [0.717, 1.165) is 5.56 Å². The SMILES string of the molecule is CCOC(=O)/C(=N/[Si](C)(C)C)c1ccccc1. The number of benzene rings is 1. The van der Waals surface area contributed by atoms with E-state index in [-0.39, 0.29) is 5.97 Å². The molecular weight excluding hydrogens is 230 g/mol. The monoisotopic (exact) mass is 249 g/mol. The van der Waals surface area contributed by atoms with E-state index in [1.807, 2.05) is 30.3 Å². The van der Waals surface area contributed by atoms with Crippen molar-refractivity contribution in [1.29, 1.82) is 0 Å². The summed E-state index contributed by atoms with van der Waals surface area (Å²) in [7, 11) is -1.71. The van der Waals surface area contributed by atoms with E-state index in [4.69, 9.17) is 4.74 Å². The van der Waals surface area contributed by atoms with E-state index in [2.05, 4.69) is 24.3 Å². The largest absolute Gasteiger partial charge is 0.461 e.